The molecule has 0 bridgehead atoms. The first kappa shape index (κ1) is 23.1. The van der Waals surface area contributed by atoms with Crippen molar-refractivity contribution in [2.45, 2.75) is 69.0 Å². The van der Waals surface area contributed by atoms with E-state index < -0.39 is 23.9 Å². The van der Waals surface area contributed by atoms with Crippen molar-refractivity contribution in [3.05, 3.63) is 52.6 Å². The third kappa shape index (κ3) is 3.31. The lowest BCUT2D eigenvalue weighted by Gasteiger charge is -2.46. The predicted octanol–water partition coefficient (Wildman–Crippen LogP) is 1.94. The summed E-state index contributed by atoms with van der Waals surface area (Å²) in [5, 5.41) is 55.9. The van der Waals surface area contributed by atoms with E-state index in [1.807, 2.05) is 31.1 Å². The molecule has 2 aromatic rings. The van der Waals surface area contributed by atoms with Gasteiger partial charge in [0.15, 0.2) is 0 Å². The molecule has 1 fully saturated rings. The van der Waals surface area contributed by atoms with Gasteiger partial charge in [0.25, 0.3) is 0 Å². The van der Waals surface area contributed by atoms with Crippen LogP contribution in [0.5, 0.6) is 0 Å². The number of nitrogens with zero attached hydrogens (tertiary/aromatic N) is 3. The fraction of sp³-hybridized carbons (Fsp3) is 0.556. The van der Waals surface area contributed by atoms with Crippen molar-refractivity contribution in [1.29, 1.82) is 0 Å². The average Bonchev–Trinajstić information content (AvgIpc) is 3.37. The molecule has 35 heavy (non-hydrogen) atoms. The first-order valence-corrected chi connectivity index (χ1v) is 12.5. The van der Waals surface area contributed by atoms with Crippen LogP contribution in [-0.4, -0.2) is 84.8 Å². The number of aromatic amines is 1. The molecule has 2 unspecified atom stereocenters. The summed E-state index contributed by atoms with van der Waals surface area (Å²) in [7, 11) is 3.71. The molecule has 4 aliphatic carbocycles. The second-order valence-corrected chi connectivity index (χ2v) is 11.4. The number of nitrogens with one attached hydrogen (secondary N) is 1. The number of H-pyrrole nitrogens is 1. The smallest absolute Gasteiger partial charge is 0.112 e. The second kappa shape index (κ2) is 7.82. The third-order valence-corrected chi connectivity index (χ3v) is 9.25. The van der Waals surface area contributed by atoms with Crippen molar-refractivity contribution in [3.63, 3.8) is 0 Å². The Morgan fingerprint density at radius 3 is 2.71 bits per heavy atom. The maximum atomic E-state index is 11.7. The Labute approximate surface area is 204 Å². The summed E-state index contributed by atoms with van der Waals surface area (Å²) in [5.41, 5.74) is 5.01. The summed E-state index contributed by atoms with van der Waals surface area (Å²) in [6, 6.07) is 5.78. The molecule has 0 spiro atoms. The topological polar surface area (TPSA) is 126 Å². The Balaban J connectivity index is 1.38. The highest BCUT2D eigenvalue weighted by molar-refractivity contribution is 5.82. The molecule has 1 heterocycles. The molecular formula is C27H34N4O4. The largest absolute Gasteiger partial charge is 0.388 e. The van der Waals surface area contributed by atoms with Gasteiger partial charge in [-0.05, 0) is 86.5 Å². The number of rotatable bonds is 2. The monoisotopic (exact) mass is 478 g/mol. The first-order valence-electron chi connectivity index (χ1n) is 12.5. The lowest BCUT2D eigenvalue weighted by Crippen LogP contribution is -2.58. The summed E-state index contributed by atoms with van der Waals surface area (Å²) in [6.07, 6.45) is 4.12. The van der Waals surface area contributed by atoms with Crippen molar-refractivity contribution in [2.75, 3.05) is 14.1 Å². The number of benzene rings is 1. The van der Waals surface area contributed by atoms with E-state index in [2.05, 4.69) is 40.5 Å². The van der Waals surface area contributed by atoms with Gasteiger partial charge in [0.1, 0.15) is 11.6 Å². The van der Waals surface area contributed by atoms with Crippen LogP contribution in [0.2, 0.25) is 0 Å². The molecule has 5 N–H and O–H groups in total. The van der Waals surface area contributed by atoms with Crippen LogP contribution in [0.25, 0.3) is 16.6 Å². The van der Waals surface area contributed by atoms with Crippen LogP contribution in [0.4, 0.5) is 0 Å². The van der Waals surface area contributed by atoms with Crippen molar-refractivity contribution in [2.24, 2.45) is 11.3 Å². The van der Waals surface area contributed by atoms with Crippen molar-refractivity contribution in [3.8, 4) is 0 Å². The fourth-order valence-electron chi connectivity index (χ4n) is 7.31. The van der Waals surface area contributed by atoms with Crippen LogP contribution >= 0.6 is 0 Å². The Hall–Kier alpha value is -2.36. The standard InChI is InChI=1S/C27H34N4O4/c1-26-13-23(32)16-11-19-24(33)25(34)22(31(2)3)12-27(19,35)9-8-15(16)18(26)6-5-17(26)14-4-7-20-21(10-14)29-30-28-20/h4-5,7,10-11,18,22-25,32-35H,6,8-9,12-13H2,1-3H3,(H,28,29,30)/t18?,22-,23?,24+,25+,26+,27+/m0/s1. The van der Waals surface area contributed by atoms with Crippen molar-refractivity contribution >= 4 is 16.6 Å². The zero-order valence-corrected chi connectivity index (χ0v) is 20.4. The Morgan fingerprint density at radius 1 is 1.14 bits per heavy atom. The Morgan fingerprint density at radius 2 is 1.94 bits per heavy atom. The van der Waals surface area contributed by atoms with Gasteiger partial charge in [-0.3, -0.25) is 5.10 Å². The van der Waals surface area contributed by atoms with Crippen molar-refractivity contribution < 1.29 is 20.4 Å². The molecule has 186 valence electrons. The molecule has 0 saturated heterocycles. The van der Waals surface area contributed by atoms with Crippen LogP contribution < -0.4 is 0 Å². The first-order chi connectivity index (χ1) is 16.6. The van der Waals surface area contributed by atoms with Gasteiger partial charge >= 0.3 is 0 Å². The van der Waals surface area contributed by atoms with Gasteiger partial charge in [0.2, 0.25) is 0 Å². The van der Waals surface area contributed by atoms with Gasteiger partial charge < -0.3 is 25.3 Å². The number of hydrogen-bond acceptors (Lipinski definition) is 7. The van der Waals surface area contributed by atoms with E-state index in [1.54, 1.807) is 0 Å². The summed E-state index contributed by atoms with van der Waals surface area (Å²) in [5.74, 6) is 0.207. The van der Waals surface area contributed by atoms with Gasteiger partial charge in [0.05, 0.1) is 23.3 Å². The highest BCUT2D eigenvalue weighted by atomic mass is 16.3. The van der Waals surface area contributed by atoms with E-state index in [0.717, 1.165) is 28.6 Å². The Bertz CT molecular complexity index is 1280. The molecule has 1 saturated carbocycles. The normalized spacial score (nSPS) is 39.1. The molecule has 6 rings (SSSR count). The number of hydrogen-bond donors (Lipinski definition) is 5. The van der Waals surface area contributed by atoms with E-state index in [-0.39, 0.29) is 17.4 Å². The second-order valence-electron chi connectivity index (χ2n) is 11.4. The van der Waals surface area contributed by atoms with E-state index in [0.29, 0.717) is 31.3 Å². The third-order valence-electron chi connectivity index (χ3n) is 9.25. The minimum Gasteiger partial charge on any atom is -0.388 e. The van der Waals surface area contributed by atoms with Crippen LogP contribution in [0, 0.1) is 11.3 Å². The minimum absolute atomic E-state index is 0.207. The molecule has 0 aliphatic heterocycles. The van der Waals surface area contributed by atoms with Crippen molar-refractivity contribution in [1.82, 2.24) is 20.3 Å². The molecule has 4 aliphatic rings. The molecule has 0 amide bonds. The minimum atomic E-state index is -1.21. The average molecular weight is 479 g/mol. The van der Waals surface area contributed by atoms with E-state index >= 15 is 0 Å². The number of aliphatic hydroxyl groups is 4. The van der Waals surface area contributed by atoms with Gasteiger partial charge in [0, 0.05) is 11.5 Å². The lowest BCUT2D eigenvalue weighted by molar-refractivity contribution is -0.0922. The quantitative estimate of drug-likeness (QED) is 0.447. The molecule has 0 radical (unpaired) electrons. The van der Waals surface area contributed by atoms with Crippen LogP contribution in [0.15, 0.2) is 47.1 Å². The van der Waals surface area contributed by atoms with Gasteiger partial charge in [-0.2, -0.15) is 0 Å². The maximum Gasteiger partial charge on any atom is 0.112 e. The van der Waals surface area contributed by atoms with Crippen LogP contribution in [0.1, 0.15) is 44.6 Å². The summed E-state index contributed by atoms with van der Waals surface area (Å²) >= 11 is 0. The van der Waals surface area contributed by atoms with Gasteiger partial charge in [-0.1, -0.05) is 35.9 Å². The lowest BCUT2D eigenvalue weighted by atomic mass is 9.61. The predicted molar refractivity (Wildman–Crippen MR) is 132 cm³/mol. The van der Waals surface area contributed by atoms with E-state index in [9.17, 15) is 20.4 Å². The van der Waals surface area contributed by atoms with E-state index in [1.165, 1.54) is 11.1 Å². The van der Waals surface area contributed by atoms with Gasteiger partial charge in [-0.15, -0.1) is 5.10 Å². The van der Waals surface area contributed by atoms with Gasteiger partial charge in [-0.25, -0.2) is 0 Å². The molecule has 8 nitrogen and oxygen atoms in total. The summed E-state index contributed by atoms with van der Waals surface area (Å²) in [6.45, 7) is 2.24. The number of aromatic nitrogens is 3. The maximum absolute atomic E-state index is 11.7. The molecule has 7 atom stereocenters. The SMILES string of the molecule is CN(C)[C@H]1C[C@]2(O)CCC3=C(C=C2[C@@H](O)[C@@H]1O)C(O)C[C@]1(C)C(c2ccc4nn[nH]c4c2)=CCC31. The summed E-state index contributed by atoms with van der Waals surface area (Å²) in [4.78, 5) is 1.87. The molecule has 1 aromatic carbocycles. The Kier molecular flexibility index (Phi) is 5.15. The zero-order chi connectivity index (χ0) is 24.7. The van der Waals surface area contributed by atoms with E-state index in [4.69, 9.17) is 0 Å². The molecular weight excluding hydrogens is 444 g/mol. The zero-order valence-electron chi connectivity index (χ0n) is 20.4. The number of fused-ring (bicyclic) bond motifs is 4. The summed E-state index contributed by atoms with van der Waals surface area (Å²) < 4.78 is 0. The van der Waals surface area contributed by atoms with Crippen LogP contribution in [0.3, 0.4) is 0 Å². The number of aliphatic hydroxyl groups excluding tert-OH is 3. The van der Waals surface area contributed by atoms with Crippen LogP contribution in [-0.2, 0) is 0 Å². The molecule has 8 heteroatoms. The number of allylic oxidation sites excluding steroid dienone is 3. The highest BCUT2D eigenvalue weighted by Gasteiger charge is 2.53. The molecule has 1 aromatic heterocycles. The highest BCUT2D eigenvalue weighted by Crippen LogP contribution is 2.60. The fourth-order valence-corrected chi connectivity index (χ4v) is 7.31. The number of likely N-dealkylation sites (N-methyl/N-ethyl adjacent to an activating group) is 1.